The second kappa shape index (κ2) is 9.37. The van der Waals surface area contributed by atoms with Crippen LogP contribution in [0.15, 0.2) is 24.3 Å². The van der Waals surface area contributed by atoms with E-state index in [9.17, 15) is 9.59 Å². The molecule has 1 fully saturated rings. The summed E-state index contributed by atoms with van der Waals surface area (Å²) in [5.41, 5.74) is 0.699. The number of ether oxygens (including phenoxy) is 1. The third-order valence-corrected chi connectivity index (χ3v) is 3.53. The number of anilines is 1. The van der Waals surface area contributed by atoms with Gasteiger partial charge in [-0.3, -0.25) is 9.59 Å². The first-order chi connectivity index (χ1) is 10.6. The fourth-order valence-electron chi connectivity index (χ4n) is 1.91. The van der Waals surface area contributed by atoms with Crippen molar-refractivity contribution in [1.82, 2.24) is 10.2 Å². The Balaban J connectivity index is 0.00000264. The van der Waals surface area contributed by atoms with Gasteiger partial charge < -0.3 is 20.3 Å². The summed E-state index contributed by atoms with van der Waals surface area (Å²) in [5, 5.41) is 5.85. The maximum atomic E-state index is 11.9. The molecule has 2 rings (SSSR count). The van der Waals surface area contributed by atoms with Crippen LogP contribution in [-0.4, -0.2) is 50.5 Å². The van der Waals surface area contributed by atoms with Crippen molar-refractivity contribution >= 4 is 29.9 Å². The third kappa shape index (κ3) is 6.46. The summed E-state index contributed by atoms with van der Waals surface area (Å²) in [6.45, 7) is 1.36. The van der Waals surface area contributed by atoms with E-state index < -0.39 is 0 Å². The molecule has 0 saturated heterocycles. The van der Waals surface area contributed by atoms with Crippen LogP contribution in [0.1, 0.15) is 12.8 Å². The molecule has 2 N–H and O–H groups in total. The molecule has 1 aliphatic rings. The van der Waals surface area contributed by atoms with Crippen LogP contribution in [0.25, 0.3) is 0 Å². The van der Waals surface area contributed by atoms with Gasteiger partial charge in [-0.15, -0.1) is 12.4 Å². The second-order valence-corrected chi connectivity index (χ2v) is 5.50. The number of hydrogen-bond acceptors (Lipinski definition) is 4. The van der Waals surface area contributed by atoms with E-state index >= 15 is 0 Å². The van der Waals surface area contributed by atoms with Gasteiger partial charge in [-0.25, -0.2) is 0 Å². The van der Waals surface area contributed by atoms with Crippen LogP contribution in [0, 0.1) is 5.92 Å². The molecule has 0 aliphatic heterocycles. The van der Waals surface area contributed by atoms with Crippen molar-refractivity contribution in [2.24, 2.45) is 5.92 Å². The molecule has 128 valence electrons. The topological polar surface area (TPSA) is 70.7 Å². The maximum absolute atomic E-state index is 11.9. The van der Waals surface area contributed by atoms with E-state index in [0.717, 1.165) is 19.4 Å². The Bertz CT molecular complexity index is 535. The Kier molecular flexibility index (Phi) is 7.85. The fourth-order valence-corrected chi connectivity index (χ4v) is 1.91. The number of rotatable bonds is 8. The smallest absolute Gasteiger partial charge is 0.260 e. The molecule has 0 heterocycles. The number of nitrogens with zero attached hydrogens (tertiary/aromatic N) is 1. The van der Waals surface area contributed by atoms with Crippen molar-refractivity contribution in [3.05, 3.63) is 24.3 Å². The van der Waals surface area contributed by atoms with Crippen molar-refractivity contribution < 1.29 is 14.3 Å². The Labute approximate surface area is 143 Å². The normalized spacial score (nSPS) is 13.0. The summed E-state index contributed by atoms with van der Waals surface area (Å²) >= 11 is 0. The number of carbonyl (C=O) groups is 2. The zero-order valence-electron chi connectivity index (χ0n) is 13.5. The van der Waals surface area contributed by atoms with E-state index in [1.165, 1.54) is 0 Å². The van der Waals surface area contributed by atoms with E-state index in [0.29, 0.717) is 18.0 Å². The van der Waals surface area contributed by atoms with Crippen molar-refractivity contribution in [2.45, 2.75) is 12.8 Å². The first-order valence-electron chi connectivity index (χ1n) is 7.52. The minimum Gasteiger partial charge on any atom is -0.484 e. The molecule has 0 aromatic heterocycles. The van der Waals surface area contributed by atoms with Gasteiger partial charge in [-0.1, -0.05) is 6.07 Å². The average molecular weight is 342 g/mol. The first-order valence-corrected chi connectivity index (χ1v) is 7.52. The van der Waals surface area contributed by atoms with Gasteiger partial charge >= 0.3 is 0 Å². The van der Waals surface area contributed by atoms with E-state index in [1.807, 2.05) is 13.1 Å². The first kappa shape index (κ1) is 19.3. The summed E-state index contributed by atoms with van der Waals surface area (Å²) in [7, 11) is 3.59. The van der Waals surface area contributed by atoms with Crippen LogP contribution in [0.3, 0.4) is 0 Å². The average Bonchev–Trinajstić information content (AvgIpc) is 3.35. The molecule has 0 unspecified atom stereocenters. The Morgan fingerprint density at radius 2 is 2.09 bits per heavy atom. The SMILES string of the molecule is CNCCN(C)C(=O)COc1cccc(NC(=O)C2CC2)c1.Cl. The molecule has 7 heteroatoms. The molecule has 1 aromatic rings. The lowest BCUT2D eigenvalue weighted by Gasteiger charge is -2.17. The second-order valence-electron chi connectivity index (χ2n) is 5.50. The van der Waals surface area contributed by atoms with Gasteiger partial charge in [0, 0.05) is 37.8 Å². The van der Waals surface area contributed by atoms with E-state index in [1.54, 1.807) is 30.1 Å². The van der Waals surface area contributed by atoms with Gasteiger partial charge in [-0.05, 0) is 32.0 Å². The van der Waals surface area contributed by atoms with Crippen molar-refractivity contribution in [2.75, 3.05) is 39.1 Å². The zero-order chi connectivity index (χ0) is 15.9. The highest BCUT2D eigenvalue weighted by atomic mass is 35.5. The number of carbonyl (C=O) groups excluding carboxylic acids is 2. The number of nitrogens with one attached hydrogen (secondary N) is 2. The predicted molar refractivity (Wildman–Crippen MR) is 92.1 cm³/mol. The van der Waals surface area contributed by atoms with Gasteiger partial charge in [0.2, 0.25) is 5.91 Å². The van der Waals surface area contributed by atoms with Gasteiger partial charge in [0.1, 0.15) is 5.75 Å². The van der Waals surface area contributed by atoms with Crippen LogP contribution in [0.5, 0.6) is 5.75 Å². The van der Waals surface area contributed by atoms with Crippen LogP contribution < -0.4 is 15.4 Å². The number of halogens is 1. The number of amides is 2. The lowest BCUT2D eigenvalue weighted by Crippen LogP contribution is -2.35. The monoisotopic (exact) mass is 341 g/mol. The molecule has 1 aromatic carbocycles. The minimum atomic E-state index is -0.0809. The molecule has 0 spiro atoms. The summed E-state index contributed by atoms with van der Waals surface area (Å²) in [4.78, 5) is 25.2. The van der Waals surface area contributed by atoms with Gasteiger partial charge in [-0.2, -0.15) is 0 Å². The molecular weight excluding hydrogens is 318 g/mol. The molecular formula is C16H24ClN3O3. The molecule has 2 amide bonds. The highest BCUT2D eigenvalue weighted by molar-refractivity contribution is 5.94. The Hall–Kier alpha value is -1.79. The zero-order valence-corrected chi connectivity index (χ0v) is 14.3. The summed E-state index contributed by atoms with van der Waals surface area (Å²) in [6, 6.07) is 7.12. The van der Waals surface area contributed by atoms with Crippen LogP contribution >= 0.6 is 12.4 Å². The molecule has 1 aliphatic carbocycles. The minimum absolute atomic E-state index is 0. The molecule has 0 bridgehead atoms. The van der Waals surface area contributed by atoms with Gasteiger partial charge in [0.25, 0.3) is 5.91 Å². The van der Waals surface area contributed by atoms with Crippen LogP contribution in [0.4, 0.5) is 5.69 Å². The summed E-state index contributed by atoms with van der Waals surface area (Å²) in [6.07, 6.45) is 1.94. The number of likely N-dealkylation sites (N-methyl/N-ethyl adjacent to an activating group) is 2. The Morgan fingerprint density at radius 1 is 1.35 bits per heavy atom. The summed E-state index contributed by atoms with van der Waals surface area (Å²) in [5.74, 6) is 0.707. The quantitative estimate of drug-likeness (QED) is 0.752. The molecule has 6 nitrogen and oxygen atoms in total. The predicted octanol–water partition coefficient (Wildman–Crippen LogP) is 1.51. The van der Waals surface area contributed by atoms with Crippen molar-refractivity contribution in [3.8, 4) is 5.75 Å². The Morgan fingerprint density at radius 3 is 2.74 bits per heavy atom. The standard InChI is InChI=1S/C16H23N3O3.ClH/c1-17-8-9-19(2)15(20)11-22-14-5-3-4-13(10-14)18-16(21)12-6-7-12;/h3-5,10,12,17H,6-9,11H2,1-2H3,(H,18,21);1H. The molecule has 0 radical (unpaired) electrons. The number of benzene rings is 1. The summed E-state index contributed by atoms with van der Waals surface area (Å²) < 4.78 is 5.50. The van der Waals surface area contributed by atoms with Crippen LogP contribution in [0.2, 0.25) is 0 Å². The van der Waals surface area contributed by atoms with E-state index in [4.69, 9.17) is 4.74 Å². The van der Waals surface area contributed by atoms with Crippen molar-refractivity contribution in [3.63, 3.8) is 0 Å². The van der Waals surface area contributed by atoms with E-state index in [2.05, 4.69) is 10.6 Å². The van der Waals surface area contributed by atoms with Gasteiger partial charge in [0.05, 0.1) is 0 Å². The molecule has 0 atom stereocenters. The molecule has 23 heavy (non-hydrogen) atoms. The largest absolute Gasteiger partial charge is 0.484 e. The molecule has 1 saturated carbocycles. The maximum Gasteiger partial charge on any atom is 0.260 e. The third-order valence-electron chi connectivity index (χ3n) is 3.53. The highest BCUT2D eigenvalue weighted by Gasteiger charge is 2.29. The number of hydrogen-bond donors (Lipinski definition) is 2. The highest BCUT2D eigenvalue weighted by Crippen LogP contribution is 2.30. The van der Waals surface area contributed by atoms with Gasteiger partial charge in [0.15, 0.2) is 6.61 Å². The van der Waals surface area contributed by atoms with E-state index in [-0.39, 0.29) is 36.7 Å². The fraction of sp³-hybridized carbons (Fsp3) is 0.500. The van der Waals surface area contributed by atoms with Crippen molar-refractivity contribution in [1.29, 1.82) is 0 Å². The lowest BCUT2D eigenvalue weighted by molar-refractivity contribution is -0.132. The lowest BCUT2D eigenvalue weighted by atomic mass is 10.3. The van der Waals surface area contributed by atoms with Crippen LogP contribution in [-0.2, 0) is 9.59 Å².